The molecule has 47 heavy (non-hydrogen) atoms. The minimum absolute atomic E-state index is 0.0528. The number of hydrogen-bond donors (Lipinski definition) is 2. The van der Waals surface area contributed by atoms with Gasteiger partial charge in [0.2, 0.25) is 0 Å². The van der Waals surface area contributed by atoms with Gasteiger partial charge < -0.3 is 10.4 Å². The van der Waals surface area contributed by atoms with Crippen molar-refractivity contribution in [1.29, 1.82) is 0 Å². The lowest BCUT2D eigenvalue weighted by atomic mass is 9.96. The van der Waals surface area contributed by atoms with Crippen LogP contribution in [0.5, 0.6) is 0 Å². The highest BCUT2D eigenvalue weighted by molar-refractivity contribution is 5.98. The van der Waals surface area contributed by atoms with Crippen molar-refractivity contribution in [1.82, 2.24) is 25.3 Å². The molecule has 5 aromatic rings. The summed E-state index contributed by atoms with van der Waals surface area (Å²) < 4.78 is 0. The SMILES string of the molecule is O=C(NCc1ccccc1)c1ccc(-c2ncc3c(n2)C(=O)CCC3)cc1.O=C(O)c1ccc(-c2ncc3c(n2)C(=O)CCC3)cc1. The highest BCUT2D eigenvalue weighted by Gasteiger charge is 2.21. The molecule has 234 valence electrons. The van der Waals surface area contributed by atoms with Crippen LogP contribution in [0.1, 0.15) is 84.1 Å². The molecule has 2 aliphatic rings. The van der Waals surface area contributed by atoms with E-state index < -0.39 is 5.97 Å². The first-order chi connectivity index (χ1) is 22.9. The number of rotatable bonds is 6. The van der Waals surface area contributed by atoms with Gasteiger partial charge in [0.15, 0.2) is 23.2 Å². The monoisotopic (exact) mass is 625 g/mol. The Morgan fingerprint density at radius 1 is 0.638 bits per heavy atom. The molecule has 7 rings (SSSR count). The van der Waals surface area contributed by atoms with Crippen LogP contribution in [0.15, 0.2) is 91.3 Å². The van der Waals surface area contributed by atoms with Crippen LogP contribution in [0, 0.1) is 0 Å². The van der Waals surface area contributed by atoms with E-state index in [0.717, 1.165) is 47.9 Å². The van der Waals surface area contributed by atoms with Crippen molar-refractivity contribution in [3.05, 3.63) is 130 Å². The van der Waals surface area contributed by atoms with Crippen molar-refractivity contribution in [3.8, 4) is 22.8 Å². The molecule has 10 nitrogen and oxygen atoms in total. The van der Waals surface area contributed by atoms with Crippen LogP contribution in [-0.2, 0) is 19.4 Å². The Morgan fingerprint density at radius 2 is 1.13 bits per heavy atom. The van der Waals surface area contributed by atoms with Gasteiger partial charge in [-0.25, -0.2) is 24.7 Å². The maximum atomic E-state index is 12.3. The maximum absolute atomic E-state index is 12.3. The predicted molar refractivity (Wildman–Crippen MR) is 174 cm³/mol. The molecule has 0 unspecified atom stereocenters. The summed E-state index contributed by atoms with van der Waals surface area (Å²) in [6, 6.07) is 23.2. The first-order valence-electron chi connectivity index (χ1n) is 15.4. The zero-order valence-electron chi connectivity index (χ0n) is 25.5. The number of fused-ring (bicyclic) bond motifs is 2. The van der Waals surface area contributed by atoms with E-state index in [2.05, 4.69) is 25.3 Å². The van der Waals surface area contributed by atoms with Crippen molar-refractivity contribution < 1.29 is 24.3 Å². The van der Waals surface area contributed by atoms with E-state index in [0.29, 0.717) is 53.5 Å². The molecule has 2 aromatic heterocycles. The summed E-state index contributed by atoms with van der Waals surface area (Å²) in [7, 11) is 0. The molecule has 2 N–H and O–H groups in total. The van der Waals surface area contributed by atoms with E-state index in [1.54, 1.807) is 36.7 Å². The summed E-state index contributed by atoms with van der Waals surface area (Å²) in [5.74, 6) is -0.00456. The van der Waals surface area contributed by atoms with Gasteiger partial charge in [0.25, 0.3) is 5.91 Å². The second-order valence-corrected chi connectivity index (χ2v) is 11.3. The molecule has 0 spiro atoms. The number of carboxylic acids is 1. The number of carbonyl (C=O) groups excluding carboxylic acids is 3. The quantitative estimate of drug-likeness (QED) is 0.233. The van der Waals surface area contributed by atoms with Gasteiger partial charge in [0.05, 0.1) is 5.56 Å². The fourth-order valence-corrected chi connectivity index (χ4v) is 5.47. The number of amides is 1. The molecule has 2 aliphatic carbocycles. The van der Waals surface area contributed by atoms with E-state index >= 15 is 0 Å². The van der Waals surface area contributed by atoms with Crippen LogP contribution in [0.25, 0.3) is 22.8 Å². The number of aryl methyl sites for hydroxylation is 2. The summed E-state index contributed by atoms with van der Waals surface area (Å²) in [5.41, 5.74) is 6.19. The average molecular weight is 626 g/mol. The molecule has 1 amide bonds. The lowest BCUT2D eigenvalue weighted by molar-refractivity contribution is 0.0696. The zero-order valence-corrected chi connectivity index (χ0v) is 25.5. The van der Waals surface area contributed by atoms with E-state index in [9.17, 15) is 19.2 Å². The van der Waals surface area contributed by atoms with Crippen LogP contribution in [-0.4, -0.2) is 48.5 Å². The van der Waals surface area contributed by atoms with Gasteiger partial charge >= 0.3 is 5.97 Å². The van der Waals surface area contributed by atoms with E-state index in [1.807, 2.05) is 42.5 Å². The Balaban J connectivity index is 0.000000172. The number of carbonyl (C=O) groups is 4. The smallest absolute Gasteiger partial charge is 0.335 e. The predicted octanol–water partition coefficient (Wildman–Crippen LogP) is 5.95. The van der Waals surface area contributed by atoms with Gasteiger partial charge in [0, 0.05) is 48.5 Å². The van der Waals surface area contributed by atoms with Gasteiger partial charge in [-0.1, -0.05) is 54.6 Å². The Bertz CT molecular complexity index is 1960. The number of aromatic nitrogens is 4. The van der Waals surface area contributed by atoms with Crippen molar-refractivity contribution in [3.63, 3.8) is 0 Å². The Labute approximate surface area is 271 Å². The lowest BCUT2D eigenvalue weighted by Gasteiger charge is -2.13. The van der Waals surface area contributed by atoms with Crippen molar-refractivity contribution >= 4 is 23.4 Å². The first kappa shape index (κ1) is 31.1. The third-order valence-electron chi connectivity index (χ3n) is 8.05. The van der Waals surface area contributed by atoms with Crippen LogP contribution >= 0.6 is 0 Å². The topological polar surface area (TPSA) is 152 Å². The molecule has 3 aromatic carbocycles. The molecule has 0 bridgehead atoms. The number of hydrogen-bond acceptors (Lipinski definition) is 8. The Kier molecular flexibility index (Phi) is 9.28. The molecule has 0 fully saturated rings. The molecule has 0 radical (unpaired) electrons. The number of Topliss-reactive ketones (excluding diaryl/α,β-unsaturated/α-hetero) is 2. The standard InChI is InChI=1S/C22H19N3O2.C15H12N2O3/c26-19-8-4-7-18-14-23-21(25-20(18)19)16-9-11-17(12-10-16)22(27)24-13-15-5-2-1-3-6-15;18-12-3-1-2-11-8-16-14(17-13(11)12)9-4-6-10(7-5-9)15(19)20/h1-3,5-6,9-12,14H,4,7-8,13H2,(H,24,27);4-8H,1-3H2,(H,19,20). The summed E-state index contributed by atoms with van der Waals surface area (Å²) >= 11 is 0. The fourth-order valence-electron chi connectivity index (χ4n) is 5.47. The van der Waals surface area contributed by atoms with Gasteiger partial charge in [-0.3, -0.25) is 14.4 Å². The highest BCUT2D eigenvalue weighted by atomic mass is 16.4. The Morgan fingerprint density at radius 3 is 1.62 bits per heavy atom. The van der Waals surface area contributed by atoms with Crippen LogP contribution in [0.3, 0.4) is 0 Å². The van der Waals surface area contributed by atoms with Gasteiger partial charge in [-0.15, -0.1) is 0 Å². The van der Waals surface area contributed by atoms with Gasteiger partial charge in [-0.05, 0) is 66.6 Å². The number of carboxylic acid groups (broad SMARTS) is 1. The summed E-state index contributed by atoms with van der Waals surface area (Å²) in [6.07, 6.45) is 7.91. The Hall–Kier alpha value is -5.90. The maximum Gasteiger partial charge on any atom is 0.335 e. The van der Waals surface area contributed by atoms with Crippen molar-refractivity contribution in [2.45, 2.75) is 45.1 Å². The van der Waals surface area contributed by atoms with Gasteiger partial charge in [0.1, 0.15) is 11.4 Å². The normalized spacial score (nSPS) is 13.4. The second-order valence-electron chi connectivity index (χ2n) is 11.3. The number of nitrogens with one attached hydrogen (secondary N) is 1. The largest absolute Gasteiger partial charge is 0.478 e. The van der Waals surface area contributed by atoms with Crippen LogP contribution in [0.2, 0.25) is 0 Å². The van der Waals surface area contributed by atoms with E-state index in [1.165, 1.54) is 12.1 Å². The number of benzene rings is 3. The summed E-state index contributed by atoms with van der Waals surface area (Å²) in [4.78, 5) is 64.5. The van der Waals surface area contributed by atoms with E-state index in [4.69, 9.17) is 5.11 Å². The van der Waals surface area contributed by atoms with Crippen molar-refractivity contribution in [2.75, 3.05) is 0 Å². The highest BCUT2D eigenvalue weighted by Crippen LogP contribution is 2.24. The molecular weight excluding hydrogens is 594 g/mol. The molecule has 0 atom stereocenters. The molecule has 0 saturated heterocycles. The third kappa shape index (κ3) is 7.33. The summed E-state index contributed by atoms with van der Waals surface area (Å²) in [5, 5.41) is 11.8. The molecule has 0 saturated carbocycles. The zero-order chi connectivity index (χ0) is 32.8. The minimum Gasteiger partial charge on any atom is -0.478 e. The van der Waals surface area contributed by atoms with Crippen LogP contribution in [0.4, 0.5) is 0 Å². The molecule has 0 aliphatic heterocycles. The van der Waals surface area contributed by atoms with E-state index in [-0.39, 0.29) is 23.0 Å². The second kappa shape index (κ2) is 14.0. The molecule has 10 heteroatoms. The van der Waals surface area contributed by atoms with Gasteiger partial charge in [-0.2, -0.15) is 0 Å². The molecular formula is C37H31N5O5. The molecule has 2 heterocycles. The summed E-state index contributed by atoms with van der Waals surface area (Å²) in [6.45, 7) is 0.484. The number of ketones is 2. The number of nitrogens with zero attached hydrogens (tertiary/aromatic N) is 4. The third-order valence-corrected chi connectivity index (χ3v) is 8.05. The van der Waals surface area contributed by atoms with Crippen LogP contribution < -0.4 is 5.32 Å². The lowest BCUT2D eigenvalue weighted by Crippen LogP contribution is -2.22. The minimum atomic E-state index is -0.974. The average Bonchev–Trinajstić information content (AvgIpc) is 3.11. The van der Waals surface area contributed by atoms with Crippen molar-refractivity contribution in [2.24, 2.45) is 0 Å². The fraction of sp³-hybridized carbons (Fsp3) is 0.189. The first-order valence-corrected chi connectivity index (χ1v) is 15.4. The number of aromatic carboxylic acids is 1.